The SMILES string of the molecule is C/C=C/c1ccc(OC[C@H](O)CNC(C)(C)CO)c(OC)c1. The van der Waals surface area contributed by atoms with Gasteiger partial charge < -0.3 is 25.0 Å². The van der Waals surface area contributed by atoms with Gasteiger partial charge in [-0.25, -0.2) is 0 Å². The lowest BCUT2D eigenvalue weighted by atomic mass is 10.1. The van der Waals surface area contributed by atoms with Crippen LogP contribution in [-0.4, -0.2) is 48.7 Å². The molecule has 124 valence electrons. The van der Waals surface area contributed by atoms with E-state index in [0.717, 1.165) is 5.56 Å². The smallest absolute Gasteiger partial charge is 0.161 e. The van der Waals surface area contributed by atoms with E-state index < -0.39 is 11.6 Å². The van der Waals surface area contributed by atoms with E-state index in [0.29, 0.717) is 18.0 Å². The fourth-order valence-electron chi connectivity index (χ4n) is 1.79. The molecule has 3 N–H and O–H groups in total. The highest BCUT2D eigenvalue weighted by molar-refractivity contribution is 5.55. The first kappa shape index (κ1) is 18.5. The third kappa shape index (κ3) is 6.05. The van der Waals surface area contributed by atoms with Crippen molar-refractivity contribution in [3.05, 3.63) is 29.8 Å². The van der Waals surface area contributed by atoms with Crippen LogP contribution in [0.1, 0.15) is 26.3 Å². The van der Waals surface area contributed by atoms with Gasteiger partial charge in [0.1, 0.15) is 12.7 Å². The summed E-state index contributed by atoms with van der Waals surface area (Å²) in [7, 11) is 1.59. The summed E-state index contributed by atoms with van der Waals surface area (Å²) in [5.41, 5.74) is 0.603. The van der Waals surface area contributed by atoms with E-state index in [4.69, 9.17) is 14.6 Å². The number of methoxy groups -OCH3 is 1. The maximum Gasteiger partial charge on any atom is 0.161 e. The van der Waals surface area contributed by atoms with Crippen LogP contribution in [0.15, 0.2) is 24.3 Å². The molecular weight excluding hydrogens is 282 g/mol. The van der Waals surface area contributed by atoms with Crippen LogP contribution in [0.4, 0.5) is 0 Å². The Bertz CT molecular complexity index is 486. The molecule has 0 saturated heterocycles. The van der Waals surface area contributed by atoms with Crippen LogP contribution < -0.4 is 14.8 Å². The average Bonchev–Trinajstić information content (AvgIpc) is 2.52. The molecule has 0 aliphatic rings. The molecule has 0 aliphatic heterocycles. The monoisotopic (exact) mass is 309 g/mol. The average molecular weight is 309 g/mol. The first-order valence-corrected chi connectivity index (χ1v) is 7.39. The highest BCUT2D eigenvalue weighted by atomic mass is 16.5. The van der Waals surface area contributed by atoms with Gasteiger partial charge in [-0.15, -0.1) is 0 Å². The summed E-state index contributed by atoms with van der Waals surface area (Å²) >= 11 is 0. The van der Waals surface area contributed by atoms with Crippen molar-refractivity contribution in [1.29, 1.82) is 0 Å². The van der Waals surface area contributed by atoms with Crippen molar-refractivity contribution in [2.45, 2.75) is 32.4 Å². The second-order valence-electron chi connectivity index (χ2n) is 5.80. The molecule has 1 atom stereocenters. The number of rotatable bonds is 9. The van der Waals surface area contributed by atoms with Gasteiger partial charge in [0.2, 0.25) is 0 Å². The Kier molecular flexibility index (Phi) is 7.38. The van der Waals surface area contributed by atoms with Crippen LogP contribution in [-0.2, 0) is 0 Å². The Labute approximate surface area is 132 Å². The lowest BCUT2D eigenvalue weighted by Gasteiger charge is -2.25. The molecule has 0 spiro atoms. The zero-order valence-corrected chi connectivity index (χ0v) is 13.8. The van der Waals surface area contributed by atoms with Crippen LogP contribution in [0.3, 0.4) is 0 Å². The topological polar surface area (TPSA) is 71.0 Å². The lowest BCUT2D eigenvalue weighted by molar-refractivity contribution is 0.0894. The Hall–Kier alpha value is -1.56. The standard InChI is InChI=1S/C17H27NO4/c1-5-6-13-7-8-15(16(9-13)21-4)22-11-14(20)10-18-17(2,3)12-19/h5-9,14,18-20H,10-12H2,1-4H3/b6-5+/t14-/m1/s1. The first-order valence-electron chi connectivity index (χ1n) is 7.39. The third-order valence-corrected chi connectivity index (χ3v) is 3.19. The van der Waals surface area contributed by atoms with Gasteiger partial charge >= 0.3 is 0 Å². The predicted molar refractivity (Wildman–Crippen MR) is 88.4 cm³/mol. The van der Waals surface area contributed by atoms with E-state index >= 15 is 0 Å². The van der Waals surface area contributed by atoms with Crippen molar-refractivity contribution in [2.24, 2.45) is 0 Å². The van der Waals surface area contributed by atoms with E-state index in [1.165, 1.54) is 0 Å². The minimum Gasteiger partial charge on any atom is -0.493 e. The maximum atomic E-state index is 9.95. The number of ether oxygens (including phenoxy) is 2. The van der Waals surface area contributed by atoms with E-state index in [9.17, 15) is 5.11 Å². The van der Waals surface area contributed by atoms with Crippen molar-refractivity contribution in [3.63, 3.8) is 0 Å². The molecule has 0 bridgehead atoms. The Morgan fingerprint density at radius 2 is 2.05 bits per heavy atom. The van der Waals surface area contributed by atoms with Crippen molar-refractivity contribution in [3.8, 4) is 11.5 Å². The van der Waals surface area contributed by atoms with Gasteiger partial charge in [0, 0.05) is 12.1 Å². The maximum absolute atomic E-state index is 9.95. The summed E-state index contributed by atoms with van der Waals surface area (Å²) in [6.45, 7) is 6.17. The van der Waals surface area contributed by atoms with Crippen molar-refractivity contribution in [2.75, 3.05) is 26.9 Å². The van der Waals surface area contributed by atoms with E-state index in [1.807, 2.05) is 51.1 Å². The quantitative estimate of drug-likeness (QED) is 0.649. The zero-order valence-electron chi connectivity index (χ0n) is 13.8. The Balaban J connectivity index is 2.56. The number of aliphatic hydroxyl groups is 2. The summed E-state index contributed by atoms with van der Waals surface area (Å²) in [6.07, 6.45) is 3.25. The van der Waals surface area contributed by atoms with E-state index in [-0.39, 0.29) is 13.2 Å². The van der Waals surface area contributed by atoms with Gasteiger partial charge in [-0.2, -0.15) is 0 Å². The summed E-state index contributed by atoms with van der Waals surface area (Å²) in [4.78, 5) is 0. The molecule has 5 nitrogen and oxygen atoms in total. The van der Waals surface area contributed by atoms with Crippen molar-refractivity contribution >= 4 is 6.08 Å². The number of β-amino-alcohol motifs (C(OH)–C–C–N with tert-alkyl or cyclic N) is 1. The van der Waals surface area contributed by atoms with Gasteiger partial charge in [0.25, 0.3) is 0 Å². The normalized spacial score (nSPS) is 13.4. The molecule has 0 fully saturated rings. The molecule has 1 rings (SSSR count). The summed E-state index contributed by atoms with van der Waals surface area (Å²) in [5.74, 6) is 1.22. The highest BCUT2D eigenvalue weighted by Gasteiger charge is 2.17. The van der Waals surface area contributed by atoms with Gasteiger partial charge in [-0.05, 0) is 38.5 Å². The molecule has 0 saturated carbocycles. The first-order chi connectivity index (χ1) is 10.4. The second kappa shape index (κ2) is 8.78. The van der Waals surface area contributed by atoms with Gasteiger partial charge in [-0.3, -0.25) is 0 Å². The van der Waals surface area contributed by atoms with E-state index in [1.54, 1.807) is 7.11 Å². The van der Waals surface area contributed by atoms with E-state index in [2.05, 4.69) is 5.32 Å². The van der Waals surface area contributed by atoms with Gasteiger partial charge in [0.15, 0.2) is 11.5 Å². The number of hydrogen-bond acceptors (Lipinski definition) is 5. The number of hydrogen-bond donors (Lipinski definition) is 3. The number of allylic oxidation sites excluding steroid dienone is 1. The Morgan fingerprint density at radius 3 is 2.64 bits per heavy atom. The summed E-state index contributed by atoms with van der Waals surface area (Å²) in [5, 5.41) is 22.2. The second-order valence-corrected chi connectivity index (χ2v) is 5.80. The largest absolute Gasteiger partial charge is 0.493 e. The number of benzene rings is 1. The zero-order chi connectivity index (χ0) is 16.6. The fraction of sp³-hybridized carbons (Fsp3) is 0.529. The van der Waals surface area contributed by atoms with Gasteiger partial charge in [-0.1, -0.05) is 18.2 Å². The fourth-order valence-corrected chi connectivity index (χ4v) is 1.79. The minimum atomic E-state index is -0.675. The number of nitrogens with one attached hydrogen (secondary N) is 1. The van der Waals surface area contributed by atoms with Crippen LogP contribution >= 0.6 is 0 Å². The molecule has 0 radical (unpaired) electrons. The van der Waals surface area contributed by atoms with Crippen molar-refractivity contribution < 1.29 is 19.7 Å². The molecule has 0 aromatic heterocycles. The third-order valence-electron chi connectivity index (χ3n) is 3.19. The van der Waals surface area contributed by atoms with Gasteiger partial charge in [0.05, 0.1) is 13.7 Å². The predicted octanol–water partition coefficient (Wildman–Crippen LogP) is 1.83. The molecule has 1 aromatic carbocycles. The lowest BCUT2D eigenvalue weighted by Crippen LogP contribution is -2.47. The molecule has 0 unspecified atom stereocenters. The Morgan fingerprint density at radius 1 is 1.32 bits per heavy atom. The number of aliphatic hydroxyl groups excluding tert-OH is 2. The van der Waals surface area contributed by atoms with Crippen molar-refractivity contribution in [1.82, 2.24) is 5.32 Å². The molecule has 0 aliphatic carbocycles. The van der Waals surface area contributed by atoms with Crippen LogP contribution in [0, 0.1) is 0 Å². The molecule has 0 heterocycles. The molecule has 22 heavy (non-hydrogen) atoms. The molecule has 1 aromatic rings. The molecule has 0 amide bonds. The highest BCUT2D eigenvalue weighted by Crippen LogP contribution is 2.28. The van der Waals surface area contributed by atoms with Crippen LogP contribution in [0.2, 0.25) is 0 Å². The summed E-state index contributed by atoms with van der Waals surface area (Å²) in [6, 6.07) is 5.64. The van der Waals surface area contributed by atoms with Crippen LogP contribution in [0.5, 0.6) is 11.5 Å². The minimum absolute atomic E-state index is 0.000802. The van der Waals surface area contributed by atoms with Crippen LogP contribution in [0.25, 0.3) is 6.08 Å². The molecule has 5 heteroatoms. The summed E-state index contributed by atoms with van der Waals surface area (Å²) < 4.78 is 10.9. The molecular formula is C17H27NO4.